The zero-order valence-electron chi connectivity index (χ0n) is 18.3. The Kier molecular flexibility index (Phi) is 6.56. The molecule has 0 fully saturated rings. The molecule has 13 heteroatoms. The van der Waals surface area contributed by atoms with E-state index in [-0.39, 0.29) is 39.2 Å². The molecule has 0 bridgehead atoms. The van der Waals surface area contributed by atoms with Crippen LogP contribution in [0, 0.1) is 0 Å². The first-order valence-corrected chi connectivity index (χ1v) is 12.2. The van der Waals surface area contributed by atoms with Gasteiger partial charge in [-0.1, -0.05) is 42.5 Å². The molecular formula is C23H18F3N5O3S2. The Balaban J connectivity index is 1.85. The van der Waals surface area contributed by atoms with Crippen molar-refractivity contribution in [3.05, 3.63) is 89.5 Å². The first-order valence-electron chi connectivity index (χ1n) is 10.3. The van der Waals surface area contributed by atoms with Gasteiger partial charge >= 0.3 is 6.18 Å². The number of rotatable bonds is 5. The number of nitrogens with two attached hydrogens (primary N) is 2. The van der Waals surface area contributed by atoms with E-state index < -0.39 is 27.7 Å². The minimum absolute atomic E-state index is 0.0480. The van der Waals surface area contributed by atoms with Gasteiger partial charge in [-0.15, -0.1) is 0 Å². The SMILES string of the molecule is NC(=S)N(/N=C1\C(=O)N(Cc2ccccc2)c2c1cccc2C(F)(F)F)c1ccc(S(N)(=O)=O)cc1. The number of anilines is 2. The molecule has 3 aromatic rings. The molecular weight excluding hydrogens is 515 g/mol. The van der Waals surface area contributed by atoms with Crippen molar-refractivity contribution in [2.75, 3.05) is 9.91 Å². The second kappa shape index (κ2) is 9.33. The van der Waals surface area contributed by atoms with Crippen molar-refractivity contribution in [2.45, 2.75) is 17.6 Å². The number of hydrazone groups is 1. The van der Waals surface area contributed by atoms with Crippen molar-refractivity contribution in [1.82, 2.24) is 0 Å². The predicted molar refractivity (Wildman–Crippen MR) is 133 cm³/mol. The van der Waals surface area contributed by atoms with Crippen LogP contribution in [0.2, 0.25) is 0 Å². The van der Waals surface area contributed by atoms with Crippen LogP contribution in [0.1, 0.15) is 16.7 Å². The van der Waals surface area contributed by atoms with Crippen molar-refractivity contribution >= 4 is 50.3 Å². The molecule has 0 radical (unpaired) electrons. The summed E-state index contributed by atoms with van der Waals surface area (Å²) in [6.45, 7) is -0.130. The van der Waals surface area contributed by atoms with Crippen LogP contribution in [-0.2, 0) is 27.5 Å². The molecule has 36 heavy (non-hydrogen) atoms. The summed E-state index contributed by atoms with van der Waals surface area (Å²) in [7, 11) is -3.98. The number of hydrogen-bond donors (Lipinski definition) is 2. The number of halogens is 3. The smallest absolute Gasteiger partial charge is 0.374 e. The van der Waals surface area contributed by atoms with E-state index in [0.29, 0.717) is 5.56 Å². The lowest BCUT2D eigenvalue weighted by molar-refractivity contribution is -0.137. The van der Waals surface area contributed by atoms with Gasteiger partial charge in [-0.2, -0.15) is 18.3 Å². The second-order valence-corrected chi connectivity index (χ2v) is 9.69. The Bertz CT molecular complexity index is 1480. The van der Waals surface area contributed by atoms with E-state index >= 15 is 0 Å². The molecule has 8 nitrogen and oxygen atoms in total. The number of primary sulfonamides is 1. The molecule has 4 rings (SSSR count). The number of nitrogens with zero attached hydrogens (tertiary/aromatic N) is 3. The molecule has 1 aliphatic rings. The summed E-state index contributed by atoms with van der Waals surface area (Å²) in [4.78, 5) is 14.3. The van der Waals surface area contributed by atoms with Crippen LogP contribution in [0.4, 0.5) is 24.5 Å². The first-order chi connectivity index (χ1) is 16.9. The fourth-order valence-corrected chi connectivity index (χ4v) is 4.39. The van der Waals surface area contributed by atoms with E-state index in [1.807, 2.05) is 0 Å². The van der Waals surface area contributed by atoms with Crippen LogP contribution >= 0.6 is 12.2 Å². The molecule has 4 N–H and O–H groups in total. The minimum Gasteiger partial charge on any atom is -0.374 e. The number of sulfonamides is 1. The number of benzene rings is 3. The van der Waals surface area contributed by atoms with Crippen molar-refractivity contribution < 1.29 is 26.4 Å². The van der Waals surface area contributed by atoms with E-state index in [4.69, 9.17) is 23.1 Å². The zero-order chi connectivity index (χ0) is 26.3. The summed E-state index contributed by atoms with van der Waals surface area (Å²) in [6, 6.07) is 16.9. The van der Waals surface area contributed by atoms with E-state index in [9.17, 15) is 26.4 Å². The van der Waals surface area contributed by atoms with Gasteiger partial charge in [0.1, 0.15) is 0 Å². The molecule has 0 aromatic heterocycles. The van der Waals surface area contributed by atoms with Crippen LogP contribution in [0.3, 0.4) is 0 Å². The highest BCUT2D eigenvalue weighted by atomic mass is 32.2. The highest BCUT2D eigenvalue weighted by molar-refractivity contribution is 7.89. The van der Waals surface area contributed by atoms with Gasteiger partial charge in [-0.05, 0) is 48.1 Å². The number of carbonyl (C=O) groups excluding carboxylic acids is 1. The number of carbonyl (C=O) groups is 1. The summed E-state index contributed by atoms with van der Waals surface area (Å²) in [6.07, 6.45) is -4.73. The van der Waals surface area contributed by atoms with Crippen molar-refractivity contribution in [2.24, 2.45) is 16.0 Å². The van der Waals surface area contributed by atoms with E-state index in [1.54, 1.807) is 30.3 Å². The third-order valence-corrected chi connectivity index (χ3v) is 6.42. The maximum Gasteiger partial charge on any atom is 0.418 e. The number of amides is 1. The van der Waals surface area contributed by atoms with Crippen LogP contribution in [-0.4, -0.2) is 25.1 Å². The number of hydrogen-bond acceptors (Lipinski definition) is 5. The Labute approximate surface area is 209 Å². The molecule has 3 aromatic carbocycles. The van der Waals surface area contributed by atoms with Crippen LogP contribution < -0.4 is 20.8 Å². The fraction of sp³-hybridized carbons (Fsp3) is 0.0870. The van der Waals surface area contributed by atoms with Gasteiger partial charge in [0, 0.05) is 5.56 Å². The lowest BCUT2D eigenvalue weighted by Gasteiger charge is -2.21. The van der Waals surface area contributed by atoms with Crippen molar-refractivity contribution in [3.8, 4) is 0 Å². The van der Waals surface area contributed by atoms with Crippen molar-refractivity contribution in [1.29, 1.82) is 0 Å². The van der Waals surface area contributed by atoms with Crippen LogP contribution in [0.15, 0.2) is 82.8 Å². The normalized spacial score (nSPS) is 14.7. The topological polar surface area (TPSA) is 122 Å². The Morgan fingerprint density at radius 3 is 2.19 bits per heavy atom. The van der Waals surface area contributed by atoms with Gasteiger partial charge in [-0.3, -0.25) is 4.79 Å². The maximum atomic E-state index is 13.9. The third-order valence-electron chi connectivity index (χ3n) is 5.32. The van der Waals surface area contributed by atoms with Gasteiger partial charge in [0.15, 0.2) is 10.8 Å². The Morgan fingerprint density at radius 2 is 1.64 bits per heavy atom. The summed E-state index contributed by atoms with van der Waals surface area (Å²) >= 11 is 5.05. The molecule has 0 spiro atoms. The highest BCUT2D eigenvalue weighted by Crippen LogP contribution is 2.42. The lowest BCUT2D eigenvalue weighted by atomic mass is 10.1. The standard InChI is InChI=1S/C23H18F3N5O3S2/c24-23(25,26)18-8-4-7-17-19(21(32)30(20(17)18)13-14-5-2-1-3-6-14)29-31(22(27)35)15-9-11-16(12-10-15)36(28,33)34/h1-12H,13H2,(H2,27,35)(H2,28,33,34)/b29-19-. The monoisotopic (exact) mass is 533 g/mol. The zero-order valence-corrected chi connectivity index (χ0v) is 19.9. The van der Waals surface area contributed by atoms with Gasteiger partial charge < -0.3 is 10.6 Å². The minimum atomic E-state index is -4.73. The van der Waals surface area contributed by atoms with Gasteiger partial charge in [0.25, 0.3) is 5.91 Å². The molecule has 0 atom stereocenters. The lowest BCUT2D eigenvalue weighted by Crippen LogP contribution is -2.35. The molecule has 1 aliphatic heterocycles. The number of thiocarbonyl (C=S) groups is 1. The maximum absolute atomic E-state index is 13.9. The van der Waals surface area contributed by atoms with Gasteiger partial charge in [-0.25, -0.2) is 18.6 Å². The van der Waals surface area contributed by atoms with Crippen LogP contribution in [0.25, 0.3) is 0 Å². The summed E-state index contributed by atoms with van der Waals surface area (Å²) in [5, 5.41) is 9.97. The molecule has 0 saturated heterocycles. The fourth-order valence-electron chi connectivity index (χ4n) is 3.72. The quantitative estimate of drug-likeness (QED) is 0.383. The molecule has 1 amide bonds. The molecule has 186 valence electrons. The number of fused-ring (bicyclic) bond motifs is 1. The average molecular weight is 534 g/mol. The molecule has 0 unspecified atom stereocenters. The molecule has 0 aliphatic carbocycles. The Hall–Kier alpha value is -3.81. The summed E-state index contributed by atoms with van der Waals surface area (Å²) in [5.41, 5.74) is 4.90. The average Bonchev–Trinajstić information content (AvgIpc) is 3.07. The number of alkyl halides is 3. The number of para-hydroxylation sites is 1. The summed E-state index contributed by atoms with van der Waals surface area (Å²) < 4.78 is 64.8. The largest absolute Gasteiger partial charge is 0.418 e. The Morgan fingerprint density at radius 1 is 1.00 bits per heavy atom. The van der Waals surface area contributed by atoms with Crippen molar-refractivity contribution in [3.63, 3.8) is 0 Å². The van der Waals surface area contributed by atoms with Gasteiger partial charge in [0.05, 0.1) is 28.4 Å². The molecule has 1 heterocycles. The van der Waals surface area contributed by atoms with E-state index in [1.165, 1.54) is 36.4 Å². The van der Waals surface area contributed by atoms with E-state index in [2.05, 4.69) is 5.10 Å². The second-order valence-electron chi connectivity index (χ2n) is 7.71. The van der Waals surface area contributed by atoms with Crippen LogP contribution in [0.5, 0.6) is 0 Å². The first kappa shape index (κ1) is 25.3. The van der Waals surface area contributed by atoms with Gasteiger partial charge in [0.2, 0.25) is 10.0 Å². The van der Waals surface area contributed by atoms with E-state index in [0.717, 1.165) is 16.0 Å². The molecule has 0 saturated carbocycles. The third kappa shape index (κ3) is 4.94. The predicted octanol–water partition coefficient (Wildman–Crippen LogP) is 3.35. The highest BCUT2D eigenvalue weighted by Gasteiger charge is 2.43. The summed E-state index contributed by atoms with van der Waals surface area (Å²) in [5.74, 6) is -0.784.